The molecule has 2 atom stereocenters. The van der Waals surface area contributed by atoms with Gasteiger partial charge >= 0.3 is 0 Å². The van der Waals surface area contributed by atoms with E-state index in [-0.39, 0.29) is 18.4 Å². The molecule has 0 N–H and O–H groups in total. The summed E-state index contributed by atoms with van der Waals surface area (Å²) in [6, 6.07) is 16.4. The number of thioether (sulfide) groups is 1. The first-order chi connectivity index (χ1) is 11.2. The van der Waals surface area contributed by atoms with E-state index in [0.717, 1.165) is 34.5 Å². The molecular weight excluding hydrogens is 383 g/mol. The van der Waals surface area contributed by atoms with Crippen molar-refractivity contribution in [3.05, 3.63) is 64.1 Å². The van der Waals surface area contributed by atoms with E-state index >= 15 is 0 Å². The zero-order valence-corrected chi connectivity index (χ0v) is 16.0. The molecule has 2 aromatic carbocycles. The standard InChI is InChI=1S/C18H16Cl2N2S.ClH/c19-13-7-4-8-14(20)17(13)23-16-9-10-22-11-15(21-18(16)22)12-5-2-1-3-6-12;/h1-8,15-16H,9-11H2;1H. The maximum Gasteiger partial charge on any atom is 0.113 e. The van der Waals surface area contributed by atoms with Crippen LogP contribution in [0.25, 0.3) is 0 Å². The predicted octanol–water partition coefficient (Wildman–Crippen LogP) is 5.74. The minimum Gasteiger partial charge on any atom is -0.357 e. The van der Waals surface area contributed by atoms with Gasteiger partial charge in [-0.25, -0.2) is 0 Å². The number of rotatable bonds is 3. The lowest BCUT2D eigenvalue weighted by atomic mass is 10.1. The second-order valence-corrected chi connectivity index (χ2v) is 7.83. The van der Waals surface area contributed by atoms with E-state index in [9.17, 15) is 0 Å². The molecule has 2 heterocycles. The topological polar surface area (TPSA) is 15.6 Å². The van der Waals surface area contributed by atoms with Crippen molar-refractivity contribution in [2.75, 3.05) is 13.1 Å². The SMILES string of the molecule is Cl.Clc1cccc(Cl)c1SC1CCN2CC(c3ccccc3)N=C12. The van der Waals surface area contributed by atoms with Crippen molar-refractivity contribution in [1.29, 1.82) is 0 Å². The Labute approximate surface area is 162 Å². The molecule has 0 aliphatic carbocycles. The summed E-state index contributed by atoms with van der Waals surface area (Å²) >= 11 is 14.4. The van der Waals surface area contributed by atoms with E-state index in [1.54, 1.807) is 11.8 Å². The first-order valence-corrected chi connectivity index (χ1v) is 9.34. The Balaban J connectivity index is 0.00000169. The van der Waals surface area contributed by atoms with Gasteiger partial charge < -0.3 is 4.90 Å². The third-order valence-corrected chi connectivity index (χ3v) is 6.58. The minimum atomic E-state index is 0. The van der Waals surface area contributed by atoms with Crippen LogP contribution in [-0.4, -0.2) is 29.1 Å². The summed E-state index contributed by atoms with van der Waals surface area (Å²) in [5, 5.41) is 1.78. The van der Waals surface area contributed by atoms with Crippen molar-refractivity contribution in [2.45, 2.75) is 22.6 Å². The highest BCUT2D eigenvalue weighted by molar-refractivity contribution is 8.00. The highest BCUT2D eigenvalue weighted by Crippen LogP contribution is 2.42. The van der Waals surface area contributed by atoms with E-state index < -0.39 is 0 Å². The molecule has 2 aromatic rings. The number of halogens is 3. The summed E-state index contributed by atoms with van der Waals surface area (Å²) in [5.74, 6) is 1.19. The summed E-state index contributed by atoms with van der Waals surface area (Å²) in [6.07, 6.45) is 1.09. The van der Waals surface area contributed by atoms with Gasteiger partial charge in [0.05, 0.1) is 21.3 Å². The molecule has 4 rings (SSSR count). The van der Waals surface area contributed by atoms with E-state index in [2.05, 4.69) is 29.2 Å². The van der Waals surface area contributed by atoms with Crippen molar-refractivity contribution in [1.82, 2.24) is 4.90 Å². The lowest BCUT2D eigenvalue weighted by molar-refractivity contribution is 0.454. The Morgan fingerprint density at radius 3 is 2.42 bits per heavy atom. The zero-order valence-electron chi connectivity index (χ0n) is 12.9. The van der Waals surface area contributed by atoms with Gasteiger partial charge in [-0.1, -0.05) is 59.6 Å². The fourth-order valence-electron chi connectivity index (χ4n) is 3.18. The van der Waals surface area contributed by atoms with Crippen molar-refractivity contribution in [2.24, 2.45) is 4.99 Å². The summed E-state index contributed by atoms with van der Waals surface area (Å²) in [4.78, 5) is 8.36. The van der Waals surface area contributed by atoms with Gasteiger partial charge in [0.2, 0.25) is 0 Å². The third-order valence-electron chi connectivity index (χ3n) is 4.32. The molecule has 0 amide bonds. The first kappa shape index (κ1) is 17.9. The normalized spacial score (nSPS) is 22.1. The van der Waals surface area contributed by atoms with Crippen molar-refractivity contribution >= 4 is 53.2 Å². The Morgan fingerprint density at radius 2 is 1.71 bits per heavy atom. The van der Waals surface area contributed by atoms with E-state index in [4.69, 9.17) is 28.2 Å². The molecule has 24 heavy (non-hydrogen) atoms. The molecule has 2 aliphatic rings. The average Bonchev–Trinajstić information content (AvgIpc) is 3.13. The number of benzene rings is 2. The van der Waals surface area contributed by atoms with Crippen LogP contribution >= 0.6 is 47.4 Å². The largest absolute Gasteiger partial charge is 0.357 e. The van der Waals surface area contributed by atoms with Gasteiger partial charge in [0.15, 0.2) is 0 Å². The molecular formula is C18H17Cl3N2S. The molecule has 1 fully saturated rings. The number of hydrogen-bond acceptors (Lipinski definition) is 3. The Hall–Kier alpha value is -0.870. The van der Waals surface area contributed by atoms with Gasteiger partial charge in [-0.05, 0) is 24.1 Å². The maximum atomic E-state index is 6.32. The van der Waals surface area contributed by atoms with Gasteiger partial charge in [-0.3, -0.25) is 4.99 Å². The first-order valence-electron chi connectivity index (χ1n) is 7.70. The van der Waals surface area contributed by atoms with E-state index in [1.165, 1.54) is 11.4 Å². The molecule has 2 unspecified atom stereocenters. The molecule has 1 saturated heterocycles. The lowest BCUT2D eigenvalue weighted by Crippen LogP contribution is -2.24. The number of amidine groups is 1. The van der Waals surface area contributed by atoms with Gasteiger partial charge in [0.1, 0.15) is 5.84 Å². The molecule has 2 aliphatic heterocycles. The van der Waals surface area contributed by atoms with Crippen molar-refractivity contribution < 1.29 is 0 Å². The monoisotopic (exact) mass is 398 g/mol. The van der Waals surface area contributed by atoms with Gasteiger partial charge in [0.25, 0.3) is 0 Å². The van der Waals surface area contributed by atoms with Crippen molar-refractivity contribution in [3.63, 3.8) is 0 Å². The number of hydrogen-bond donors (Lipinski definition) is 0. The number of nitrogens with zero attached hydrogens (tertiary/aromatic N) is 2. The fraction of sp³-hybridized carbons (Fsp3) is 0.278. The molecule has 2 nitrogen and oxygen atoms in total. The van der Waals surface area contributed by atoms with Crippen LogP contribution in [0.4, 0.5) is 0 Å². The third kappa shape index (κ3) is 3.41. The second-order valence-electron chi connectivity index (χ2n) is 5.81. The smallest absolute Gasteiger partial charge is 0.113 e. The average molecular weight is 400 g/mol. The maximum absolute atomic E-state index is 6.32. The lowest BCUT2D eigenvalue weighted by Gasteiger charge is -2.14. The highest BCUT2D eigenvalue weighted by atomic mass is 35.5. The van der Waals surface area contributed by atoms with Crippen molar-refractivity contribution in [3.8, 4) is 0 Å². The van der Waals surface area contributed by atoms with Gasteiger partial charge in [0, 0.05) is 18.0 Å². The number of fused-ring (bicyclic) bond motifs is 1. The molecule has 0 aromatic heterocycles. The van der Waals surface area contributed by atoms with Crippen LogP contribution in [0, 0.1) is 0 Å². The Kier molecular flexibility index (Phi) is 5.66. The molecule has 0 saturated carbocycles. The van der Waals surface area contributed by atoms with E-state index in [1.807, 2.05) is 24.3 Å². The molecule has 6 heteroatoms. The van der Waals surface area contributed by atoms with Crippen LogP contribution < -0.4 is 0 Å². The number of aliphatic imine (C=N–C) groups is 1. The zero-order chi connectivity index (χ0) is 15.8. The molecule has 126 valence electrons. The minimum absolute atomic E-state index is 0. The molecule has 0 radical (unpaired) electrons. The van der Waals surface area contributed by atoms with Gasteiger partial charge in [-0.15, -0.1) is 24.2 Å². The summed E-state index contributed by atoms with van der Waals surface area (Å²) < 4.78 is 0. The van der Waals surface area contributed by atoms with Crippen LogP contribution in [0.2, 0.25) is 10.0 Å². The van der Waals surface area contributed by atoms with Crippen LogP contribution in [0.15, 0.2) is 58.4 Å². The predicted molar refractivity (Wildman–Crippen MR) is 106 cm³/mol. The molecule has 0 bridgehead atoms. The highest BCUT2D eigenvalue weighted by Gasteiger charge is 2.37. The van der Waals surface area contributed by atoms with Crippen LogP contribution in [0.1, 0.15) is 18.0 Å². The van der Waals surface area contributed by atoms with E-state index in [0.29, 0.717) is 5.25 Å². The summed E-state index contributed by atoms with van der Waals surface area (Å²) in [7, 11) is 0. The quantitative estimate of drug-likeness (QED) is 0.654. The Bertz CT molecular complexity index is 731. The molecule has 0 spiro atoms. The van der Waals surface area contributed by atoms with Crippen LogP contribution in [-0.2, 0) is 0 Å². The Morgan fingerprint density at radius 1 is 1.00 bits per heavy atom. The second kappa shape index (κ2) is 7.57. The van der Waals surface area contributed by atoms with Crippen LogP contribution in [0.5, 0.6) is 0 Å². The summed E-state index contributed by atoms with van der Waals surface area (Å²) in [5.41, 5.74) is 1.29. The fourth-order valence-corrected chi connectivity index (χ4v) is 5.03. The summed E-state index contributed by atoms with van der Waals surface area (Å²) in [6.45, 7) is 2.04. The van der Waals surface area contributed by atoms with Crippen LogP contribution in [0.3, 0.4) is 0 Å². The van der Waals surface area contributed by atoms with Gasteiger partial charge in [-0.2, -0.15) is 0 Å².